The largest absolute Gasteiger partial charge is 0.358 e. The number of allylic oxidation sites excluding steroid dienone is 1. The average molecular weight is 209 g/mol. The standard InChI is InChI=1S/C11H13ClN2/c1-7-4-9-5-8(2-3-13)6-10(12)11(9)14-7/h5-6,14H,1-4,13H2. The number of nitrogens with one attached hydrogen (secondary N) is 1. The molecule has 0 saturated carbocycles. The van der Waals surface area contributed by atoms with Gasteiger partial charge in [-0.3, -0.25) is 0 Å². The molecule has 0 aromatic heterocycles. The third kappa shape index (κ3) is 1.63. The maximum absolute atomic E-state index is 6.13. The Kier molecular flexibility index (Phi) is 2.48. The summed E-state index contributed by atoms with van der Waals surface area (Å²) in [6.07, 6.45) is 1.74. The molecule has 1 aromatic carbocycles. The van der Waals surface area contributed by atoms with E-state index in [1.54, 1.807) is 0 Å². The fourth-order valence-electron chi connectivity index (χ4n) is 1.77. The first kappa shape index (κ1) is 9.56. The number of benzene rings is 1. The van der Waals surface area contributed by atoms with Crippen LogP contribution in [0.1, 0.15) is 11.1 Å². The smallest absolute Gasteiger partial charge is 0.0646 e. The van der Waals surface area contributed by atoms with Crippen molar-refractivity contribution < 1.29 is 0 Å². The second-order valence-electron chi connectivity index (χ2n) is 3.56. The topological polar surface area (TPSA) is 38.0 Å². The summed E-state index contributed by atoms with van der Waals surface area (Å²) < 4.78 is 0. The minimum Gasteiger partial charge on any atom is -0.358 e. The van der Waals surface area contributed by atoms with Crippen LogP contribution in [-0.4, -0.2) is 6.54 Å². The fourth-order valence-corrected chi connectivity index (χ4v) is 2.08. The van der Waals surface area contributed by atoms with Crippen LogP contribution in [0.3, 0.4) is 0 Å². The Balaban J connectivity index is 2.40. The summed E-state index contributed by atoms with van der Waals surface area (Å²) >= 11 is 6.13. The van der Waals surface area contributed by atoms with Gasteiger partial charge in [-0.05, 0) is 30.2 Å². The van der Waals surface area contributed by atoms with Gasteiger partial charge in [-0.15, -0.1) is 0 Å². The van der Waals surface area contributed by atoms with E-state index in [9.17, 15) is 0 Å². The van der Waals surface area contributed by atoms with Crippen LogP contribution in [0.4, 0.5) is 5.69 Å². The zero-order chi connectivity index (χ0) is 10.1. The van der Waals surface area contributed by atoms with Gasteiger partial charge in [0.2, 0.25) is 0 Å². The second kappa shape index (κ2) is 3.64. The quantitative estimate of drug-likeness (QED) is 0.783. The van der Waals surface area contributed by atoms with E-state index in [2.05, 4.69) is 18.0 Å². The van der Waals surface area contributed by atoms with Crippen LogP contribution in [0.25, 0.3) is 0 Å². The molecule has 0 unspecified atom stereocenters. The molecule has 3 heteroatoms. The van der Waals surface area contributed by atoms with Gasteiger partial charge in [-0.1, -0.05) is 24.2 Å². The Morgan fingerprint density at radius 3 is 3.00 bits per heavy atom. The number of anilines is 1. The minimum absolute atomic E-state index is 0.656. The molecule has 0 bridgehead atoms. The van der Waals surface area contributed by atoms with Crippen LogP contribution in [0.15, 0.2) is 24.4 Å². The highest BCUT2D eigenvalue weighted by Crippen LogP contribution is 2.35. The first-order valence-corrected chi connectivity index (χ1v) is 5.04. The number of rotatable bonds is 2. The lowest BCUT2D eigenvalue weighted by molar-refractivity contribution is 0.966. The van der Waals surface area contributed by atoms with E-state index in [0.717, 1.165) is 29.2 Å². The summed E-state index contributed by atoms with van der Waals surface area (Å²) in [5, 5.41) is 3.95. The van der Waals surface area contributed by atoms with Gasteiger partial charge in [0, 0.05) is 12.1 Å². The third-order valence-corrected chi connectivity index (χ3v) is 2.67. The summed E-state index contributed by atoms with van der Waals surface area (Å²) in [5.41, 5.74) is 9.95. The highest BCUT2D eigenvalue weighted by Gasteiger charge is 2.16. The second-order valence-corrected chi connectivity index (χ2v) is 3.96. The van der Waals surface area contributed by atoms with Gasteiger partial charge in [0.05, 0.1) is 10.7 Å². The Bertz CT molecular complexity index is 385. The van der Waals surface area contributed by atoms with Gasteiger partial charge in [-0.2, -0.15) is 0 Å². The molecule has 0 spiro atoms. The number of hydrogen-bond acceptors (Lipinski definition) is 2. The predicted octanol–water partition coefficient (Wildman–Crippen LogP) is 2.32. The molecular weight excluding hydrogens is 196 g/mol. The first-order chi connectivity index (χ1) is 6.70. The van der Waals surface area contributed by atoms with Crippen molar-refractivity contribution in [3.05, 3.63) is 40.6 Å². The summed E-state index contributed by atoms with van der Waals surface area (Å²) in [4.78, 5) is 0. The van der Waals surface area contributed by atoms with E-state index in [-0.39, 0.29) is 0 Å². The van der Waals surface area contributed by atoms with Gasteiger partial charge in [-0.25, -0.2) is 0 Å². The molecule has 0 atom stereocenters. The highest BCUT2D eigenvalue weighted by atomic mass is 35.5. The van der Waals surface area contributed by atoms with Crippen LogP contribution in [0.2, 0.25) is 5.02 Å². The normalized spacial score (nSPS) is 14.0. The molecule has 0 radical (unpaired) electrons. The van der Waals surface area contributed by atoms with Gasteiger partial charge < -0.3 is 11.1 Å². The molecular formula is C11H13ClN2. The molecule has 2 nitrogen and oxygen atoms in total. The van der Waals surface area contributed by atoms with Crippen LogP contribution in [0, 0.1) is 0 Å². The Hall–Kier alpha value is -0.990. The van der Waals surface area contributed by atoms with Gasteiger partial charge in [0.1, 0.15) is 0 Å². The lowest BCUT2D eigenvalue weighted by Gasteiger charge is -2.05. The number of hydrogen-bond donors (Lipinski definition) is 2. The maximum Gasteiger partial charge on any atom is 0.0646 e. The van der Waals surface area contributed by atoms with Crippen molar-refractivity contribution in [3.8, 4) is 0 Å². The highest BCUT2D eigenvalue weighted by molar-refractivity contribution is 6.33. The molecule has 1 heterocycles. The number of nitrogens with two attached hydrogens (primary N) is 1. The van der Waals surface area contributed by atoms with Gasteiger partial charge in [0.25, 0.3) is 0 Å². The van der Waals surface area contributed by atoms with E-state index in [1.165, 1.54) is 11.1 Å². The molecule has 74 valence electrons. The summed E-state index contributed by atoms with van der Waals surface area (Å²) in [7, 11) is 0. The molecule has 0 amide bonds. The molecule has 1 aromatic rings. The van der Waals surface area contributed by atoms with Crippen molar-refractivity contribution in [3.63, 3.8) is 0 Å². The zero-order valence-electron chi connectivity index (χ0n) is 7.94. The van der Waals surface area contributed by atoms with Crippen molar-refractivity contribution in [2.24, 2.45) is 5.73 Å². The van der Waals surface area contributed by atoms with Crippen molar-refractivity contribution in [1.29, 1.82) is 0 Å². The molecule has 3 N–H and O–H groups in total. The Morgan fingerprint density at radius 2 is 2.29 bits per heavy atom. The SMILES string of the molecule is C=C1Cc2cc(CCN)cc(Cl)c2N1. The molecule has 0 fully saturated rings. The van der Waals surface area contributed by atoms with Crippen molar-refractivity contribution in [2.75, 3.05) is 11.9 Å². The van der Waals surface area contributed by atoms with Crippen LogP contribution in [0.5, 0.6) is 0 Å². The summed E-state index contributed by atoms with van der Waals surface area (Å²) in [6.45, 7) is 4.55. The average Bonchev–Trinajstić information content (AvgIpc) is 2.47. The third-order valence-electron chi connectivity index (χ3n) is 2.37. The Morgan fingerprint density at radius 1 is 1.50 bits per heavy atom. The maximum atomic E-state index is 6.13. The van der Waals surface area contributed by atoms with Crippen LogP contribution in [-0.2, 0) is 12.8 Å². The summed E-state index contributed by atoms with van der Waals surface area (Å²) in [5.74, 6) is 0. The van der Waals surface area contributed by atoms with Crippen LogP contribution < -0.4 is 11.1 Å². The molecule has 0 aliphatic carbocycles. The van der Waals surface area contributed by atoms with Crippen molar-refractivity contribution >= 4 is 17.3 Å². The molecule has 1 aliphatic heterocycles. The van der Waals surface area contributed by atoms with Crippen molar-refractivity contribution in [1.82, 2.24) is 0 Å². The number of halogens is 1. The van der Waals surface area contributed by atoms with E-state index in [1.807, 2.05) is 6.07 Å². The van der Waals surface area contributed by atoms with E-state index in [0.29, 0.717) is 6.54 Å². The monoisotopic (exact) mass is 208 g/mol. The fraction of sp³-hybridized carbons (Fsp3) is 0.273. The van der Waals surface area contributed by atoms with Crippen molar-refractivity contribution in [2.45, 2.75) is 12.8 Å². The first-order valence-electron chi connectivity index (χ1n) is 4.67. The Labute approximate surface area is 88.8 Å². The molecule has 0 saturated heterocycles. The molecule has 14 heavy (non-hydrogen) atoms. The van der Waals surface area contributed by atoms with E-state index < -0.39 is 0 Å². The van der Waals surface area contributed by atoms with E-state index in [4.69, 9.17) is 17.3 Å². The zero-order valence-corrected chi connectivity index (χ0v) is 8.69. The lowest BCUT2D eigenvalue weighted by atomic mass is 10.1. The lowest BCUT2D eigenvalue weighted by Crippen LogP contribution is -2.03. The van der Waals surface area contributed by atoms with Gasteiger partial charge in [0.15, 0.2) is 0 Å². The minimum atomic E-state index is 0.656. The van der Waals surface area contributed by atoms with Gasteiger partial charge >= 0.3 is 0 Å². The molecule has 2 rings (SSSR count). The summed E-state index contributed by atoms with van der Waals surface area (Å²) in [6, 6.07) is 4.12. The van der Waals surface area contributed by atoms with Crippen LogP contribution >= 0.6 is 11.6 Å². The number of fused-ring (bicyclic) bond motifs is 1. The van der Waals surface area contributed by atoms with E-state index >= 15 is 0 Å². The molecule has 1 aliphatic rings. The predicted molar refractivity (Wildman–Crippen MR) is 60.7 cm³/mol.